The van der Waals surface area contributed by atoms with Crippen molar-refractivity contribution in [3.8, 4) is 0 Å². The summed E-state index contributed by atoms with van der Waals surface area (Å²) >= 11 is 5.52. The number of likely N-dealkylation sites (tertiary alicyclic amines) is 1. The van der Waals surface area contributed by atoms with Crippen LogP contribution in [0.2, 0.25) is 0 Å². The van der Waals surface area contributed by atoms with Crippen LogP contribution in [0.3, 0.4) is 0 Å². The summed E-state index contributed by atoms with van der Waals surface area (Å²) in [7, 11) is 0. The minimum absolute atomic E-state index is 0.153. The van der Waals surface area contributed by atoms with E-state index in [0.717, 1.165) is 29.7 Å². The van der Waals surface area contributed by atoms with Gasteiger partial charge in [0.15, 0.2) is 5.11 Å². The molecule has 1 saturated heterocycles. The Morgan fingerprint density at radius 2 is 1.77 bits per heavy atom. The van der Waals surface area contributed by atoms with E-state index in [1.54, 1.807) is 23.2 Å². The topological polar surface area (TPSA) is 78.5 Å². The molecule has 2 aromatic carbocycles. The number of hydrogen-bond acceptors (Lipinski definition) is 5. The molecule has 35 heavy (non-hydrogen) atoms. The number of pyridine rings is 1. The lowest BCUT2D eigenvalue weighted by Gasteiger charge is -2.32. The van der Waals surface area contributed by atoms with E-state index in [-0.39, 0.29) is 24.6 Å². The van der Waals surface area contributed by atoms with Gasteiger partial charge in [-0.3, -0.25) is 0 Å². The zero-order valence-corrected chi connectivity index (χ0v) is 20.1. The molecular formula is C26H28FN5O2S. The molecule has 1 aliphatic rings. The SMILES string of the molecule is O=C(OCc1ccccc1)N1CCC(NC(=S)Nc2cccnc2NCc2ccc(F)cc2)CC1. The average Bonchev–Trinajstić information content (AvgIpc) is 2.89. The summed E-state index contributed by atoms with van der Waals surface area (Å²) in [6.45, 7) is 1.98. The summed E-state index contributed by atoms with van der Waals surface area (Å²) in [4.78, 5) is 18.5. The van der Waals surface area contributed by atoms with E-state index in [1.807, 2.05) is 42.5 Å². The zero-order valence-electron chi connectivity index (χ0n) is 19.2. The molecule has 7 nitrogen and oxygen atoms in total. The van der Waals surface area contributed by atoms with E-state index in [4.69, 9.17) is 17.0 Å². The third-order valence-electron chi connectivity index (χ3n) is 5.72. The number of nitrogens with one attached hydrogen (secondary N) is 3. The number of carbonyl (C=O) groups excluding carboxylic acids is 1. The molecule has 2 heterocycles. The molecule has 9 heteroatoms. The van der Waals surface area contributed by atoms with Gasteiger partial charge in [0.25, 0.3) is 0 Å². The summed E-state index contributed by atoms with van der Waals surface area (Å²) in [6, 6.07) is 19.8. The number of hydrogen-bond donors (Lipinski definition) is 3. The summed E-state index contributed by atoms with van der Waals surface area (Å²) in [5.41, 5.74) is 2.66. The number of anilines is 2. The second kappa shape index (κ2) is 12.1. The maximum atomic E-state index is 13.1. The highest BCUT2D eigenvalue weighted by Gasteiger charge is 2.24. The van der Waals surface area contributed by atoms with Crippen molar-refractivity contribution in [2.24, 2.45) is 0 Å². The van der Waals surface area contributed by atoms with Gasteiger partial charge in [-0.2, -0.15) is 0 Å². The fourth-order valence-electron chi connectivity index (χ4n) is 3.80. The third kappa shape index (κ3) is 7.38. The molecule has 0 aliphatic carbocycles. The average molecular weight is 494 g/mol. The molecule has 0 spiro atoms. The number of nitrogens with zero attached hydrogens (tertiary/aromatic N) is 2. The number of rotatable bonds is 7. The second-order valence-electron chi connectivity index (χ2n) is 8.28. The third-order valence-corrected chi connectivity index (χ3v) is 5.94. The van der Waals surface area contributed by atoms with Gasteiger partial charge in [0, 0.05) is 31.9 Å². The van der Waals surface area contributed by atoms with Gasteiger partial charge in [0.2, 0.25) is 0 Å². The quantitative estimate of drug-likeness (QED) is 0.403. The number of halogens is 1. The number of thiocarbonyl (C=S) groups is 1. The highest BCUT2D eigenvalue weighted by Crippen LogP contribution is 2.19. The molecule has 4 rings (SSSR count). The number of ether oxygens (including phenoxy) is 1. The lowest BCUT2D eigenvalue weighted by atomic mass is 10.1. The first-order chi connectivity index (χ1) is 17.1. The van der Waals surface area contributed by atoms with Gasteiger partial charge in [0.05, 0.1) is 5.69 Å². The molecule has 1 aliphatic heterocycles. The van der Waals surface area contributed by atoms with Gasteiger partial charge in [-0.1, -0.05) is 42.5 Å². The maximum Gasteiger partial charge on any atom is 0.410 e. The second-order valence-corrected chi connectivity index (χ2v) is 8.69. The molecule has 0 radical (unpaired) electrons. The van der Waals surface area contributed by atoms with Gasteiger partial charge >= 0.3 is 6.09 Å². The molecular weight excluding hydrogens is 465 g/mol. The van der Waals surface area contributed by atoms with Crippen LogP contribution in [0.25, 0.3) is 0 Å². The molecule has 1 aromatic heterocycles. The van der Waals surface area contributed by atoms with Crippen molar-refractivity contribution in [2.45, 2.75) is 32.0 Å². The van der Waals surface area contributed by atoms with E-state index in [2.05, 4.69) is 20.9 Å². The van der Waals surface area contributed by atoms with Crippen LogP contribution in [-0.4, -0.2) is 40.2 Å². The van der Waals surface area contributed by atoms with Crippen molar-refractivity contribution < 1.29 is 13.9 Å². The Hall–Kier alpha value is -3.72. The number of amides is 1. The van der Waals surface area contributed by atoms with Crippen molar-refractivity contribution in [2.75, 3.05) is 23.7 Å². The summed E-state index contributed by atoms with van der Waals surface area (Å²) in [5, 5.41) is 10.3. The van der Waals surface area contributed by atoms with Gasteiger partial charge < -0.3 is 25.6 Å². The Bertz CT molecular complexity index is 1120. The summed E-state index contributed by atoms with van der Waals surface area (Å²) in [6.07, 6.45) is 2.94. The van der Waals surface area contributed by atoms with Gasteiger partial charge in [0.1, 0.15) is 18.2 Å². The molecule has 0 atom stereocenters. The van der Waals surface area contributed by atoms with Crippen molar-refractivity contribution in [3.63, 3.8) is 0 Å². The van der Waals surface area contributed by atoms with Gasteiger partial charge in [-0.15, -0.1) is 0 Å². The Kier molecular flexibility index (Phi) is 8.45. The first kappa shape index (κ1) is 24.4. The monoisotopic (exact) mass is 493 g/mol. The summed E-state index contributed by atoms with van der Waals surface area (Å²) < 4.78 is 18.6. The Balaban J connectivity index is 1.21. The number of benzene rings is 2. The highest BCUT2D eigenvalue weighted by atomic mass is 32.1. The molecule has 0 bridgehead atoms. The molecule has 1 amide bonds. The molecule has 1 fully saturated rings. The van der Waals surface area contributed by atoms with Crippen LogP contribution in [0.1, 0.15) is 24.0 Å². The minimum Gasteiger partial charge on any atom is -0.445 e. The first-order valence-corrected chi connectivity index (χ1v) is 11.9. The van der Waals surface area contributed by atoms with Crippen LogP contribution in [0, 0.1) is 5.82 Å². The Morgan fingerprint density at radius 3 is 2.51 bits per heavy atom. The fraction of sp³-hybridized carbons (Fsp3) is 0.269. The molecule has 3 aromatic rings. The Labute approximate surface area is 209 Å². The summed E-state index contributed by atoms with van der Waals surface area (Å²) in [5.74, 6) is 0.386. The lowest BCUT2D eigenvalue weighted by molar-refractivity contribution is 0.0864. The van der Waals surface area contributed by atoms with E-state index in [9.17, 15) is 9.18 Å². The highest BCUT2D eigenvalue weighted by molar-refractivity contribution is 7.80. The van der Waals surface area contributed by atoms with Crippen LogP contribution in [-0.2, 0) is 17.9 Å². The van der Waals surface area contributed by atoms with E-state index >= 15 is 0 Å². The van der Waals surface area contributed by atoms with Crippen LogP contribution in [0.5, 0.6) is 0 Å². The van der Waals surface area contributed by atoms with Crippen molar-refractivity contribution >= 4 is 34.9 Å². The minimum atomic E-state index is -0.291. The fourth-order valence-corrected chi connectivity index (χ4v) is 4.07. The van der Waals surface area contributed by atoms with Crippen molar-refractivity contribution in [1.29, 1.82) is 0 Å². The number of piperidine rings is 1. The van der Waals surface area contributed by atoms with E-state index < -0.39 is 0 Å². The number of aromatic nitrogens is 1. The van der Waals surface area contributed by atoms with Gasteiger partial charge in [-0.05, 0) is 60.5 Å². The Morgan fingerprint density at radius 1 is 1.03 bits per heavy atom. The van der Waals surface area contributed by atoms with Gasteiger partial charge in [-0.25, -0.2) is 14.2 Å². The number of carbonyl (C=O) groups is 1. The first-order valence-electron chi connectivity index (χ1n) is 11.5. The molecule has 182 valence electrons. The zero-order chi connectivity index (χ0) is 24.5. The molecule has 0 saturated carbocycles. The lowest BCUT2D eigenvalue weighted by Crippen LogP contribution is -2.47. The normalized spacial score (nSPS) is 13.7. The molecule has 3 N–H and O–H groups in total. The molecule has 0 unspecified atom stereocenters. The van der Waals surface area contributed by atoms with Crippen LogP contribution in [0.15, 0.2) is 72.9 Å². The van der Waals surface area contributed by atoms with Crippen molar-refractivity contribution in [1.82, 2.24) is 15.2 Å². The van der Waals surface area contributed by atoms with Crippen molar-refractivity contribution in [3.05, 3.63) is 89.9 Å². The van der Waals surface area contributed by atoms with E-state index in [1.165, 1.54) is 12.1 Å². The predicted molar refractivity (Wildman–Crippen MR) is 139 cm³/mol. The largest absolute Gasteiger partial charge is 0.445 e. The predicted octanol–water partition coefficient (Wildman–Crippen LogP) is 4.92. The van der Waals surface area contributed by atoms with Crippen LogP contribution < -0.4 is 16.0 Å². The maximum absolute atomic E-state index is 13.1. The van der Waals surface area contributed by atoms with Crippen LogP contribution in [0.4, 0.5) is 20.7 Å². The standard InChI is InChI=1S/C26H28FN5O2S/c27-21-10-8-19(9-11-21)17-29-24-23(7-4-14-28-24)31-25(35)30-22-12-15-32(16-13-22)26(33)34-18-20-5-2-1-3-6-20/h1-11,14,22H,12-13,15-18H2,(H,28,29)(H2,30,31,35). The smallest absolute Gasteiger partial charge is 0.410 e. The van der Waals surface area contributed by atoms with Crippen LogP contribution >= 0.6 is 12.2 Å². The van der Waals surface area contributed by atoms with E-state index in [0.29, 0.717) is 30.6 Å².